The minimum Gasteiger partial charge on any atom is -0.855 e. The van der Waals surface area contributed by atoms with Crippen LogP contribution in [-0.4, -0.2) is 30.9 Å². The third-order valence-corrected chi connectivity index (χ3v) is 4.59. The zero-order valence-electron chi connectivity index (χ0n) is 17.5. The number of ether oxygens (including phenoxy) is 1. The molecular weight excluding hydrogens is 383 g/mol. The molecule has 1 amide bonds. The van der Waals surface area contributed by atoms with Crippen LogP contribution in [0.2, 0.25) is 0 Å². The summed E-state index contributed by atoms with van der Waals surface area (Å²) >= 11 is 0. The molecule has 3 rings (SSSR count). The van der Waals surface area contributed by atoms with Gasteiger partial charge in [0.2, 0.25) is 0 Å². The van der Waals surface area contributed by atoms with Gasteiger partial charge < -0.3 is 31.0 Å². The van der Waals surface area contributed by atoms with Crippen molar-refractivity contribution >= 4 is 17.8 Å². The van der Waals surface area contributed by atoms with E-state index in [-0.39, 0.29) is 30.1 Å². The van der Waals surface area contributed by atoms with Crippen LogP contribution in [0.3, 0.4) is 0 Å². The van der Waals surface area contributed by atoms with Gasteiger partial charge in [0, 0.05) is 0 Å². The number of hydrogen-bond donors (Lipinski definition) is 2. The van der Waals surface area contributed by atoms with Crippen LogP contribution in [0.4, 0.5) is 0 Å². The fourth-order valence-corrected chi connectivity index (χ4v) is 2.98. The van der Waals surface area contributed by atoms with Crippen LogP contribution < -0.4 is 34.6 Å². The summed E-state index contributed by atoms with van der Waals surface area (Å²) < 4.78 is 5.72. The maximum absolute atomic E-state index is 11.7. The number of amides is 1. The molecule has 2 aromatic rings. The molecular formula is C24H23LiN4O2-2. The van der Waals surface area contributed by atoms with Crippen molar-refractivity contribution in [2.24, 2.45) is 16.6 Å². The largest absolute Gasteiger partial charge is 1.00 e. The number of aliphatic imine (C=N–C) groups is 1. The Morgan fingerprint density at radius 3 is 2.39 bits per heavy atom. The summed E-state index contributed by atoms with van der Waals surface area (Å²) in [4.78, 5) is 15.7. The topological polar surface area (TPSA) is 99.0 Å². The second kappa shape index (κ2) is 12.7. The van der Waals surface area contributed by atoms with Crippen LogP contribution in [0.15, 0.2) is 71.2 Å². The summed E-state index contributed by atoms with van der Waals surface area (Å²) in [5.41, 5.74) is 5.30. The number of benzene rings is 2. The molecule has 1 aliphatic rings. The molecule has 1 aliphatic heterocycles. The van der Waals surface area contributed by atoms with E-state index in [1.165, 1.54) is 6.21 Å². The Morgan fingerprint density at radius 1 is 1.10 bits per heavy atom. The van der Waals surface area contributed by atoms with Crippen molar-refractivity contribution in [3.05, 3.63) is 89.5 Å². The van der Waals surface area contributed by atoms with Gasteiger partial charge in [0.05, 0.1) is 0 Å². The average molecular weight is 406 g/mol. The molecule has 1 heterocycles. The summed E-state index contributed by atoms with van der Waals surface area (Å²) in [5, 5.41) is 13.8. The van der Waals surface area contributed by atoms with Gasteiger partial charge in [-0.3, -0.25) is 6.08 Å². The first-order chi connectivity index (χ1) is 14.6. The van der Waals surface area contributed by atoms with Crippen LogP contribution in [0, 0.1) is 18.2 Å². The molecule has 0 aliphatic carbocycles. The predicted octanol–water partition coefficient (Wildman–Crippen LogP) is 0.444. The van der Waals surface area contributed by atoms with Gasteiger partial charge in [-0.2, -0.15) is 0 Å². The molecule has 3 N–H and O–H groups in total. The molecule has 0 spiro atoms. The minimum atomic E-state index is -0.819. The van der Waals surface area contributed by atoms with Gasteiger partial charge in [0.15, 0.2) is 5.91 Å². The monoisotopic (exact) mass is 406 g/mol. The molecule has 7 heteroatoms. The molecule has 0 bridgehead atoms. The smallest absolute Gasteiger partial charge is 0.855 e. The number of hydrogen-bond acceptors (Lipinski definition) is 4. The van der Waals surface area contributed by atoms with Crippen molar-refractivity contribution in [2.75, 3.05) is 13.1 Å². The van der Waals surface area contributed by atoms with E-state index in [1.807, 2.05) is 30.3 Å². The number of rotatable bonds is 8. The van der Waals surface area contributed by atoms with Crippen LogP contribution in [-0.2, 0) is 4.79 Å². The predicted molar refractivity (Wildman–Crippen MR) is 118 cm³/mol. The Balaban J connectivity index is 0.00000341. The quantitative estimate of drug-likeness (QED) is 0.288. The number of nitrogens with two attached hydrogens (primary N) is 1. The number of allylic oxidation sites excluding steroid dienone is 2. The Kier molecular flexibility index (Phi) is 9.98. The van der Waals surface area contributed by atoms with Gasteiger partial charge >= 0.3 is 18.9 Å². The molecule has 2 aromatic carbocycles. The van der Waals surface area contributed by atoms with Gasteiger partial charge in [0.1, 0.15) is 11.5 Å². The number of carbonyl (C=O) groups excluding carboxylic acids is 1. The van der Waals surface area contributed by atoms with Crippen LogP contribution in [0.5, 0.6) is 11.5 Å². The molecule has 154 valence electrons. The molecule has 0 saturated carbocycles. The van der Waals surface area contributed by atoms with Gasteiger partial charge in [-0.05, 0) is 43.6 Å². The summed E-state index contributed by atoms with van der Waals surface area (Å²) in [7, 11) is 0. The van der Waals surface area contributed by atoms with E-state index in [0.717, 1.165) is 25.9 Å². The van der Waals surface area contributed by atoms with E-state index in [0.29, 0.717) is 23.0 Å². The standard InChI is InChI=1S/C24H23N4O2.Li/c25-23(19-8-10-21(11-9-19)30-20-6-2-1-3-7-20)22(24(26)29)17-28-14-4-5-18-12-15-27-16-13-18;/h1-4,6-11,14,18,27H,12-13,15-16H2,(H2,26,29);/q-3;+1. The molecule has 0 atom stereocenters. The number of nitrogens with one attached hydrogen (secondary N) is 1. The Morgan fingerprint density at radius 2 is 1.74 bits per heavy atom. The van der Waals surface area contributed by atoms with Gasteiger partial charge in [-0.15, -0.1) is 6.21 Å². The summed E-state index contributed by atoms with van der Waals surface area (Å²) in [5.74, 6) is 0.880. The average Bonchev–Trinajstić information content (AvgIpc) is 2.77. The molecule has 0 aromatic heterocycles. The normalized spacial score (nSPS) is 15.0. The number of para-hydroxylation sites is 1. The number of primary amides is 1. The maximum Gasteiger partial charge on any atom is 1.00 e. The fourth-order valence-electron chi connectivity index (χ4n) is 2.98. The van der Waals surface area contributed by atoms with E-state index in [9.17, 15) is 10.2 Å². The Labute approximate surface area is 195 Å². The zero-order valence-corrected chi connectivity index (χ0v) is 17.5. The SMILES string of the molecule is [Li+].[N-]=C(C(=[C-]N=CC=[C-]C1CCNCC1)C(N)=O)c1ccc(Oc2ccccc2)cc1. The van der Waals surface area contributed by atoms with Gasteiger partial charge in [0.25, 0.3) is 0 Å². The maximum atomic E-state index is 11.7. The molecule has 0 radical (unpaired) electrons. The van der Waals surface area contributed by atoms with Crippen molar-refractivity contribution in [3.8, 4) is 11.5 Å². The van der Waals surface area contributed by atoms with Crippen molar-refractivity contribution in [2.45, 2.75) is 12.8 Å². The molecule has 31 heavy (non-hydrogen) atoms. The second-order valence-electron chi connectivity index (χ2n) is 6.77. The van der Waals surface area contributed by atoms with Gasteiger partial charge in [-0.25, -0.2) is 11.8 Å². The first kappa shape index (κ1) is 24.4. The van der Waals surface area contributed by atoms with Crippen LogP contribution in [0.25, 0.3) is 5.41 Å². The Hall–Kier alpha value is -2.91. The minimum absolute atomic E-state index is 0. The second-order valence-corrected chi connectivity index (χ2v) is 6.77. The number of nitrogens with zero attached hydrogens (tertiary/aromatic N) is 2. The zero-order chi connectivity index (χ0) is 21.2. The van der Waals surface area contributed by atoms with Crippen LogP contribution in [0.1, 0.15) is 18.4 Å². The first-order valence-electron chi connectivity index (χ1n) is 9.77. The van der Waals surface area contributed by atoms with E-state index in [2.05, 4.69) is 22.6 Å². The van der Waals surface area contributed by atoms with Crippen LogP contribution >= 0.6 is 0 Å². The van der Waals surface area contributed by atoms with Crippen molar-refractivity contribution < 1.29 is 28.4 Å². The van der Waals surface area contributed by atoms with E-state index < -0.39 is 5.91 Å². The van der Waals surface area contributed by atoms with E-state index in [4.69, 9.17) is 10.5 Å². The molecule has 1 fully saturated rings. The summed E-state index contributed by atoms with van der Waals surface area (Å²) in [6, 6.07) is 16.0. The Bertz CT molecular complexity index is 947. The third kappa shape index (κ3) is 7.69. The number of piperidine rings is 1. The first-order valence-corrected chi connectivity index (χ1v) is 9.77. The van der Waals surface area contributed by atoms with Crippen molar-refractivity contribution in [3.63, 3.8) is 0 Å². The van der Waals surface area contributed by atoms with Crippen molar-refractivity contribution in [1.29, 1.82) is 0 Å². The molecule has 1 saturated heterocycles. The van der Waals surface area contributed by atoms with Gasteiger partial charge in [-0.1, -0.05) is 60.2 Å². The van der Waals surface area contributed by atoms with E-state index >= 15 is 0 Å². The summed E-state index contributed by atoms with van der Waals surface area (Å²) in [6.45, 7) is 1.97. The molecule has 0 unspecified atom stereocenters. The van der Waals surface area contributed by atoms with Crippen molar-refractivity contribution in [1.82, 2.24) is 5.32 Å². The summed E-state index contributed by atoms with van der Waals surface area (Å²) in [6.07, 6.45) is 11.0. The molecule has 6 nitrogen and oxygen atoms in total. The fraction of sp³-hybridized carbons (Fsp3) is 0.208. The van der Waals surface area contributed by atoms with E-state index in [1.54, 1.807) is 30.3 Å². The number of carbonyl (C=O) groups is 1. The third-order valence-electron chi connectivity index (χ3n) is 4.59.